The molecule has 100 valence electrons. The molecule has 1 aromatic carbocycles. The number of nitrogen functional groups attached to an aromatic ring is 1. The van der Waals surface area contributed by atoms with Gasteiger partial charge < -0.3 is 5.73 Å². The predicted octanol–water partition coefficient (Wildman–Crippen LogP) is 3.38. The topological polar surface area (TPSA) is 56.7 Å². The normalized spacial score (nSPS) is 16.1. The van der Waals surface area contributed by atoms with Crippen LogP contribution in [0, 0.1) is 0 Å². The minimum atomic E-state index is 0.500. The number of benzene rings is 1. The number of hydrogen-bond acceptors (Lipinski definition) is 3. The van der Waals surface area contributed by atoms with Gasteiger partial charge >= 0.3 is 0 Å². The summed E-state index contributed by atoms with van der Waals surface area (Å²) in [6, 6.07) is 5.44. The molecule has 1 aromatic heterocycles. The number of halogens is 1. The van der Waals surface area contributed by atoms with Gasteiger partial charge in [-0.05, 0) is 31.0 Å². The molecule has 3 rings (SSSR count). The molecule has 0 atom stereocenters. The molecule has 1 aliphatic carbocycles. The van der Waals surface area contributed by atoms with Gasteiger partial charge in [-0.3, -0.25) is 0 Å². The third-order valence-corrected chi connectivity index (χ3v) is 3.99. The molecule has 2 N–H and O–H groups in total. The van der Waals surface area contributed by atoms with Gasteiger partial charge in [0, 0.05) is 29.2 Å². The average molecular weight is 277 g/mol. The van der Waals surface area contributed by atoms with Crippen molar-refractivity contribution in [3.8, 4) is 11.4 Å². The van der Waals surface area contributed by atoms with Crippen molar-refractivity contribution in [2.45, 2.75) is 31.6 Å². The Morgan fingerprint density at radius 1 is 1.32 bits per heavy atom. The van der Waals surface area contributed by atoms with Crippen molar-refractivity contribution in [2.75, 3.05) is 5.73 Å². The van der Waals surface area contributed by atoms with E-state index >= 15 is 0 Å². The van der Waals surface area contributed by atoms with E-state index in [2.05, 4.69) is 10.1 Å². The van der Waals surface area contributed by atoms with Gasteiger partial charge in [-0.25, -0.2) is 9.67 Å². The summed E-state index contributed by atoms with van der Waals surface area (Å²) in [4.78, 5) is 4.68. The second-order valence-electron chi connectivity index (χ2n) is 5.13. The number of nitrogens with zero attached hydrogens (tertiary/aromatic N) is 3. The van der Waals surface area contributed by atoms with E-state index in [-0.39, 0.29) is 0 Å². The van der Waals surface area contributed by atoms with Crippen LogP contribution in [-0.4, -0.2) is 14.8 Å². The first-order valence-corrected chi connectivity index (χ1v) is 6.99. The zero-order chi connectivity index (χ0) is 13.4. The number of nitrogens with two attached hydrogens (primary N) is 1. The molecule has 5 heteroatoms. The first kappa shape index (κ1) is 12.5. The summed E-state index contributed by atoms with van der Waals surface area (Å²) in [7, 11) is 1.90. The summed E-state index contributed by atoms with van der Waals surface area (Å²) in [5, 5.41) is 5.21. The number of aromatic nitrogens is 3. The van der Waals surface area contributed by atoms with Crippen molar-refractivity contribution in [1.29, 1.82) is 0 Å². The van der Waals surface area contributed by atoms with Gasteiger partial charge in [0.05, 0.1) is 0 Å². The number of aryl methyl sites for hydroxylation is 1. The van der Waals surface area contributed by atoms with E-state index in [0.29, 0.717) is 16.6 Å². The Labute approximate surface area is 117 Å². The fraction of sp³-hybridized carbons (Fsp3) is 0.429. The summed E-state index contributed by atoms with van der Waals surface area (Å²) in [6.07, 6.45) is 4.93. The Hall–Kier alpha value is -1.55. The Kier molecular flexibility index (Phi) is 3.19. The van der Waals surface area contributed by atoms with Gasteiger partial charge in [0.1, 0.15) is 0 Å². The molecule has 0 spiro atoms. The molecule has 2 aromatic rings. The van der Waals surface area contributed by atoms with Crippen LogP contribution in [0.3, 0.4) is 0 Å². The van der Waals surface area contributed by atoms with Crippen LogP contribution >= 0.6 is 11.6 Å². The average Bonchev–Trinajstić information content (AvgIpc) is 3.01. The quantitative estimate of drug-likeness (QED) is 0.856. The summed E-state index contributed by atoms with van der Waals surface area (Å²) in [6.45, 7) is 0. The molecule has 0 unspecified atom stereocenters. The fourth-order valence-corrected chi connectivity index (χ4v) is 2.89. The third kappa shape index (κ3) is 2.32. The molecule has 1 heterocycles. The molecule has 0 radical (unpaired) electrons. The van der Waals surface area contributed by atoms with E-state index in [9.17, 15) is 0 Å². The maximum Gasteiger partial charge on any atom is 0.160 e. The minimum Gasteiger partial charge on any atom is -0.398 e. The lowest BCUT2D eigenvalue weighted by Gasteiger charge is -2.04. The van der Waals surface area contributed by atoms with Crippen molar-refractivity contribution in [3.63, 3.8) is 0 Å². The molecule has 4 nitrogen and oxygen atoms in total. The molecule has 0 bridgehead atoms. The van der Waals surface area contributed by atoms with Crippen molar-refractivity contribution in [3.05, 3.63) is 29.0 Å². The van der Waals surface area contributed by atoms with Gasteiger partial charge in [0.2, 0.25) is 0 Å². The van der Waals surface area contributed by atoms with Crippen LogP contribution in [0.4, 0.5) is 5.69 Å². The Morgan fingerprint density at radius 2 is 2.05 bits per heavy atom. The maximum absolute atomic E-state index is 6.04. The monoisotopic (exact) mass is 276 g/mol. The highest BCUT2D eigenvalue weighted by Gasteiger charge is 2.23. The van der Waals surface area contributed by atoms with Crippen molar-refractivity contribution in [2.24, 2.45) is 7.05 Å². The van der Waals surface area contributed by atoms with Crippen LogP contribution in [0.1, 0.15) is 37.4 Å². The maximum atomic E-state index is 6.04. The number of hydrogen-bond donors (Lipinski definition) is 1. The number of anilines is 1. The highest BCUT2D eigenvalue weighted by molar-refractivity contribution is 6.31. The van der Waals surface area contributed by atoms with Crippen molar-refractivity contribution < 1.29 is 0 Å². The standard InChI is InChI=1S/C14H17ClN4/c1-19-14(11-8-10(15)6-7-12(11)16)17-13(18-19)9-4-2-3-5-9/h6-9H,2-5,16H2,1H3. The van der Waals surface area contributed by atoms with E-state index in [1.54, 1.807) is 10.7 Å². The summed E-state index contributed by atoms with van der Waals surface area (Å²) >= 11 is 6.04. The first-order valence-electron chi connectivity index (χ1n) is 6.61. The Bertz CT molecular complexity index is 599. The van der Waals surface area contributed by atoms with E-state index < -0.39 is 0 Å². The fourth-order valence-electron chi connectivity index (χ4n) is 2.72. The van der Waals surface area contributed by atoms with Crippen LogP contribution in [0.5, 0.6) is 0 Å². The lowest BCUT2D eigenvalue weighted by molar-refractivity contribution is 0.648. The second-order valence-corrected chi connectivity index (χ2v) is 5.57. The first-order chi connectivity index (χ1) is 9.15. The van der Waals surface area contributed by atoms with Gasteiger partial charge in [-0.15, -0.1) is 0 Å². The smallest absolute Gasteiger partial charge is 0.160 e. The molecule has 19 heavy (non-hydrogen) atoms. The second kappa shape index (κ2) is 4.85. The Balaban J connectivity index is 2.02. The summed E-state index contributed by atoms with van der Waals surface area (Å²) < 4.78 is 1.80. The SMILES string of the molecule is Cn1nc(C2CCCC2)nc1-c1cc(Cl)ccc1N. The largest absolute Gasteiger partial charge is 0.398 e. The van der Waals surface area contributed by atoms with Gasteiger partial charge in [-0.1, -0.05) is 24.4 Å². The third-order valence-electron chi connectivity index (χ3n) is 3.76. The lowest BCUT2D eigenvalue weighted by atomic mass is 10.1. The van der Waals surface area contributed by atoms with Crippen LogP contribution < -0.4 is 5.73 Å². The van der Waals surface area contributed by atoms with Gasteiger partial charge in [-0.2, -0.15) is 5.10 Å². The molecular formula is C14H17ClN4. The van der Waals surface area contributed by atoms with E-state index in [4.69, 9.17) is 17.3 Å². The molecule has 0 amide bonds. The van der Waals surface area contributed by atoms with E-state index in [1.807, 2.05) is 19.2 Å². The zero-order valence-corrected chi connectivity index (χ0v) is 11.7. The summed E-state index contributed by atoms with van der Waals surface area (Å²) in [5.41, 5.74) is 7.55. The Morgan fingerprint density at radius 3 is 2.79 bits per heavy atom. The molecule has 1 fully saturated rings. The highest BCUT2D eigenvalue weighted by Crippen LogP contribution is 2.34. The van der Waals surface area contributed by atoms with E-state index in [1.165, 1.54) is 25.7 Å². The van der Waals surface area contributed by atoms with Crippen LogP contribution in [0.15, 0.2) is 18.2 Å². The van der Waals surface area contributed by atoms with Crippen LogP contribution in [0.25, 0.3) is 11.4 Å². The van der Waals surface area contributed by atoms with Gasteiger partial charge in [0.25, 0.3) is 0 Å². The van der Waals surface area contributed by atoms with Crippen LogP contribution in [0.2, 0.25) is 5.02 Å². The molecule has 0 saturated heterocycles. The molecular weight excluding hydrogens is 260 g/mol. The molecule has 0 aliphatic heterocycles. The zero-order valence-electron chi connectivity index (χ0n) is 10.9. The lowest BCUT2D eigenvalue weighted by Crippen LogP contribution is -1.98. The molecule has 1 aliphatic rings. The van der Waals surface area contributed by atoms with E-state index in [0.717, 1.165) is 17.2 Å². The summed E-state index contributed by atoms with van der Waals surface area (Å²) in [5.74, 6) is 2.23. The van der Waals surface area contributed by atoms with Gasteiger partial charge in [0.15, 0.2) is 11.6 Å². The van der Waals surface area contributed by atoms with Crippen molar-refractivity contribution >= 4 is 17.3 Å². The van der Waals surface area contributed by atoms with Crippen LogP contribution in [-0.2, 0) is 7.05 Å². The minimum absolute atomic E-state index is 0.500. The molecule has 1 saturated carbocycles. The predicted molar refractivity (Wildman–Crippen MR) is 77.1 cm³/mol. The number of rotatable bonds is 2. The highest BCUT2D eigenvalue weighted by atomic mass is 35.5. The van der Waals surface area contributed by atoms with Crippen molar-refractivity contribution in [1.82, 2.24) is 14.8 Å².